The van der Waals surface area contributed by atoms with Gasteiger partial charge in [0.25, 0.3) is 0 Å². The van der Waals surface area contributed by atoms with Gasteiger partial charge in [0.2, 0.25) is 0 Å². The number of nitrogens with zero attached hydrogens (tertiary/aromatic N) is 2. The highest BCUT2D eigenvalue weighted by Gasteiger charge is 2.18. The number of anilines is 2. The summed E-state index contributed by atoms with van der Waals surface area (Å²) in [6.45, 7) is 3.87. The van der Waals surface area contributed by atoms with Crippen LogP contribution in [0.3, 0.4) is 0 Å². The average Bonchev–Trinajstić information content (AvgIpc) is 2.38. The Morgan fingerprint density at radius 2 is 1.95 bits per heavy atom. The number of hydrogen-bond donors (Lipinski definition) is 1. The Bertz CT molecular complexity index is 532. The van der Waals surface area contributed by atoms with Crippen LogP contribution in [0.25, 0.3) is 0 Å². The zero-order valence-electron chi connectivity index (χ0n) is 13.6. The van der Waals surface area contributed by atoms with E-state index in [1.54, 1.807) is 18.2 Å². The quantitative estimate of drug-likeness (QED) is 0.908. The summed E-state index contributed by atoms with van der Waals surface area (Å²) < 4.78 is 11.3. The van der Waals surface area contributed by atoms with Crippen LogP contribution in [-0.4, -0.2) is 54.3 Å². The number of urea groups is 1. The van der Waals surface area contributed by atoms with Gasteiger partial charge in [-0.05, 0) is 31.5 Å². The normalized spacial score (nSPS) is 13.4. The molecule has 0 saturated heterocycles. The van der Waals surface area contributed by atoms with E-state index in [2.05, 4.69) is 5.32 Å². The third-order valence-electron chi connectivity index (χ3n) is 3.49. The third kappa shape index (κ3) is 4.74. The van der Waals surface area contributed by atoms with Gasteiger partial charge in [-0.3, -0.25) is 4.21 Å². The molecule has 0 spiro atoms. The minimum atomic E-state index is -0.922. The third-order valence-corrected chi connectivity index (χ3v) is 4.44. The molecule has 118 valence electrons. The monoisotopic (exact) mass is 311 g/mol. The van der Waals surface area contributed by atoms with E-state index in [9.17, 15) is 9.00 Å². The van der Waals surface area contributed by atoms with Gasteiger partial charge in [-0.1, -0.05) is 6.07 Å². The maximum Gasteiger partial charge on any atom is 0.321 e. The Hall–Kier alpha value is -1.56. The van der Waals surface area contributed by atoms with Crippen molar-refractivity contribution < 1.29 is 9.00 Å². The minimum Gasteiger partial charge on any atom is -0.377 e. The van der Waals surface area contributed by atoms with E-state index in [-0.39, 0.29) is 12.1 Å². The lowest BCUT2D eigenvalue weighted by atomic mass is 10.1. The molecule has 0 aliphatic carbocycles. The van der Waals surface area contributed by atoms with Crippen molar-refractivity contribution in [1.29, 1.82) is 0 Å². The number of carbonyl (C=O) groups is 1. The Balaban J connectivity index is 2.84. The molecule has 0 unspecified atom stereocenters. The van der Waals surface area contributed by atoms with Gasteiger partial charge in [0.05, 0.1) is 0 Å². The van der Waals surface area contributed by atoms with Gasteiger partial charge in [-0.2, -0.15) is 0 Å². The molecule has 0 aliphatic heterocycles. The molecule has 0 fully saturated rings. The number of carbonyl (C=O) groups excluding carboxylic acids is 1. The first kappa shape index (κ1) is 17.5. The highest BCUT2D eigenvalue weighted by molar-refractivity contribution is 7.84. The molecule has 2 amide bonds. The summed E-state index contributed by atoms with van der Waals surface area (Å²) in [4.78, 5) is 15.9. The van der Waals surface area contributed by atoms with Crippen molar-refractivity contribution in [2.24, 2.45) is 0 Å². The van der Waals surface area contributed by atoms with Crippen LogP contribution in [0, 0.1) is 6.92 Å². The van der Waals surface area contributed by atoms with Gasteiger partial charge in [0, 0.05) is 61.4 Å². The number of hydrogen-bond acceptors (Lipinski definition) is 3. The molecule has 1 aromatic carbocycles. The lowest BCUT2D eigenvalue weighted by Crippen LogP contribution is -2.41. The first-order chi connectivity index (χ1) is 9.73. The SMILES string of the molecule is Cc1c(NC(=O)N(C)[C@@H](C)C[S@](C)=O)cccc1N(C)C. The molecule has 1 rings (SSSR count). The molecule has 0 saturated carbocycles. The second kappa shape index (κ2) is 7.45. The fourth-order valence-electron chi connectivity index (χ4n) is 2.10. The molecule has 5 nitrogen and oxygen atoms in total. The van der Waals surface area contributed by atoms with Crippen molar-refractivity contribution in [3.63, 3.8) is 0 Å². The van der Waals surface area contributed by atoms with Crippen molar-refractivity contribution in [2.45, 2.75) is 19.9 Å². The summed E-state index contributed by atoms with van der Waals surface area (Å²) in [5.41, 5.74) is 2.89. The van der Waals surface area contributed by atoms with Gasteiger partial charge in [0.1, 0.15) is 0 Å². The number of rotatable bonds is 5. The summed E-state index contributed by atoms with van der Waals surface area (Å²) in [5.74, 6) is 0.473. The number of benzene rings is 1. The molecule has 0 radical (unpaired) electrons. The molecule has 6 heteroatoms. The van der Waals surface area contributed by atoms with E-state index in [4.69, 9.17) is 0 Å². The molecule has 2 atom stereocenters. The number of nitrogens with one attached hydrogen (secondary N) is 1. The minimum absolute atomic E-state index is 0.0758. The molecule has 0 bridgehead atoms. The van der Waals surface area contributed by atoms with Crippen molar-refractivity contribution in [3.05, 3.63) is 23.8 Å². The molecular weight excluding hydrogens is 286 g/mol. The second-order valence-corrected chi connectivity index (χ2v) is 6.95. The predicted octanol–water partition coefficient (Wildman–Crippen LogP) is 2.29. The second-order valence-electron chi connectivity index (χ2n) is 5.47. The maximum absolute atomic E-state index is 12.3. The predicted molar refractivity (Wildman–Crippen MR) is 90.7 cm³/mol. The van der Waals surface area contributed by atoms with Gasteiger partial charge in [-0.25, -0.2) is 4.79 Å². The molecular formula is C15H25N3O2S. The van der Waals surface area contributed by atoms with E-state index in [1.807, 2.05) is 51.0 Å². The van der Waals surface area contributed by atoms with E-state index >= 15 is 0 Å². The van der Waals surface area contributed by atoms with E-state index in [1.165, 1.54) is 0 Å². The molecule has 1 N–H and O–H groups in total. The molecule has 0 aliphatic rings. The van der Waals surface area contributed by atoms with Crippen LogP contribution < -0.4 is 10.2 Å². The first-order valence-electron chi connectivity index (χ1n) is 6.84. The van der Waals surface area contributed by atoms with Gasteiger partial charge in [-0.15, -0.1) is 0 Å². The molecule has 0 aromatic heterocycles. The first-order valence-corrected chi connectivity index (χ1v) is 8.57. The Kier molecular flexibility index (Phi) is 6.20. The topological polar surface area (TPSA) is 52.7 Å². The van der Waals surface area contributed by atoms with Crippen molar-refractivity contribution in [2.75, 3.05) is 43.4 Å². The number of amides is 2. The summed E-state index contributed by atoms with van der Waals surface area (Å²) in [5, 5.41) is 2.92. The Morgan fingerprint density at radius 3 is 2.48 bits per heavy atom. The lowest BCUT2D eigenvalue weighted by Gasteiger charge is -2.25. The van der Waals surface area contributed by atoms with Gasteiger partial charge >= 0.3 is 6.03 Å². The zero-order chi connectivity index (χ0) is 16.2. The average molecular weight is 311 g/mol. The standard InChI is InChI=1S/C15H25N3O2S/c1-11(10-21(6)20)18(5)15(19)16-13-8-7-9-14(12(13)2)17(3)4/h7-9,11H,10H2,1-6H3,(H,16,19)/t11-,21-/m0/s1. The highest BCUT2D eigenvalue weighted by Crippen LogP contribution is 2.25. The van der Waals surface area contributed by atoms with Crippen LogP contribution in [0.2, 0.25) is 0 Å². The van der Waals surface area contributed by atoms with Gasteiger partial charge < -0.3 is 15.1 Å². The summed E-state index contributed by atoms with van der Waals surface area (Å²) >= 11 is 0. The highest BCUT2D eigenvalue weighted by atomic mass is 32.2. The summed E-state index contributed by atoms with van der Waals surface area (Å²) in [6, 6.07) is 5.55. The largest absolute Gasteiger partial charge is 0.377 e. The summed E-state index contributed by atoms with van der Waals surface area (Å²) in [6.07, 6.45) is 1.65. The van der Waals surface area contributed by atoms with Crippen molar-refractivity contribution in [1.82, 2.24) is 4.90 Å². The van der Waals surface area contributed by atoms with E-state index in [0.29, 0.717) is 5.75 Å². The van der Waals surface area contributed by atoms with E-state index < -0.39 is 10.8 Å². The molecule has 21 heavy (non-hydrogen) atoms. The zero-order valence-corrected chi connectivity index (χ0v) is 14.5. The Morgan fingerprint density at radius 1 is 1.33 bits per heavy atom. The van der Waals surface area contributed by atoms with Gasteiger partial charge in [0.15, 0.2) is 0 Å². The van der Waals surface area contributed by atoms with Crippen molar-refractivity contribution in [3.8, 4) is 0 Å². The smallest absolute Gasteiger partial charge is 0.321 e. The fourth-order valence-corrected chi connectivity index (χ4v) is 3.00. The van der Waals surface area contributed by atoms with Crippen LogP contribution in [0.1, 0.15) is 12.5 Å². The van der Waals surface area contributed by atoms with Crippen LogP contribution in [0.4, 0.5) is 16.2 Å². The molecule has 1 aromatic rings. The van der Waals surface area contributed by atoms with Crippen LogP contribution in [0.5, 0.6) is 0 Å². The maximum atomic E-state index is 12.3. The molecule has 0 heterocycles. The fraction of sp³-hybridized carbons (Fsp3) is 0.533. The van der Waals surface area contributed by atoms with Crippen LogP contribution in [0.15, 0.2) is 18.2 Å². The van der Waals surface area contributed by atoms with Crippen LogP contribution in [-0.2, 0) is 10.8 Å². The Labute approximate surface area is 129 Å². The summed E-state index contributed by atoms with van der Waals surface area (Å²) in [7, 11) is 4.74. The lowest BCUT2D eigenvalue weighted by molar-refractivity contribution is 0.212. The van der Waals surface area contributed by atoms with E-state index in [0.717, 1.165) is 16.9 Å². The van der Waals surface area contributed by atoms with Crippen molar-refractivity contribution >= 4 is 28.2 Å². The van der Waals surface area contributed by atoms with Crippen LogP contribution >= 0.6 is 0 Å².